The molecule has 0 aromatic heterocycles. The molecule has 1 amide bonds. The highest BCUT2D eigenvalue weighted by atomic mass is 16.2. The number of carbonyl (C=O) groups is 1. The van der Waals surface area contributed by atoms with Gasteiger partial charge in [-0.15, -0.1) is 0 Å². The molecule has 0 unspecified atom stereocenters. The van der Waals surface area contributed by atoms with Crippen LogP contribution < -0.4 is 5.73 Å². The van der Waals surface area contributed by atoms with E-state index in [0.717, 1.165) is 5.56 Å². The molecular weight excluding hydrogens is 214 g/mol. The molecule has 0 saturated carbocycles. The molecule has 17 heavy (non-hydrogen) atoms. The van der Waals surface area contributed by atoms with Crippen molar-refractivity contribution >= 4 is 5.91 Å². The van der Waals surface area contributed by atoms with Crippen LogP contribution in [-0.2, 0) is 11.3 Å². The minimum atomic E-state index is -0.0654. The number of rotatable bonds is 4. The summed E-state index contributed by atoms with van der Waals surface area (Å²) >= 11 is 0. The van der Waals surface area contributed by atoms with Gasteiger partial charge in [-0.05, 0) is 31.5 Å². The van der Waals surface area contributed by atoms with Gasteiger partial charge in [0.05, 0.1) is 18.2 Å². The Morgan fingerprint density at radius 3 is 2.41 bits per heavy atom. The van der Waals surface area contributed by atoms with E-state index in [1.165, 1.54) is 0 Å². The van der Waals surface area contributed by atoms with Gasteiger partial charge < -0.3 is 10.6 Å². The molecule has 1 aromatic rings. The van der Waals surface area contributed by atoms with E-state index in [0.29, 0.717) is 12.1 Å². The van der Waals surface area contributed by atoms with Gasteiger partial charge in [0.25, 0.3) is 0 Å². The van der Waals surface area contributed by atoms with Crippen LogP contribution in [0.4, 0.5) is 0 Å². The molecule has 0 bridgehead atoms. The van der Waals surface area contributed by atoms with E-state index < -0.39 is 0 Å². The summed E-state index contributed by atoms with van der Waals surface area (Å²) in [7, 11) is 0. The minimum absolute atomic E-state index is 0.0223. The molecule has 4 heteroatoms. The van der Waals surface area contributed by atoms with E-state index in [1.54, 1.807) is 17.0 Å². The zero-order chi connectivity index (χ0) is 12.8. The standard InChI is InChI=1S/C13H17N3O/c1-10(2)16(13(17)8-15)9-12-5-3-11(7-14)4-6-12/h3-6,10H,8-9,15H2,1-2H3. The smallest absolute Gasteiger partial charge is 0.236 e. The van der Waals surface area contributed by atoms with E-state index in [9.17, 15) is 4.79 Å². The number of nitriles is 1. The van der Waals surface area contributed by atoms with Crippen LogP contribution in [0.1, 0.15) is 25.0 Å². The zero-order valence-corrected chi connectivity index (χ0v) is 10.2. The fraction of sp³-hybridized carbons (Fsp3) is 0.385. The number of benzene rings is 1. The quantitative estimate of drug-likeness (QED) is 0.847. The fourth-order valence-electron chi connectivity index (χ4n) is 1.56. The van der Waals surface area contributed by atoms with Crippen LogP contribution in [0.3, 0.4) is 0 Å². The van der Waals surface area contributed by atoms with Gasteiger partial charge in [-0.2, -0.15) is 5.26 Å². The highest BCUT2D eigenvalue weighted by Crippen LogP contribution is 2.09. The Kier molecular flexibility index (Phi) is 4.68. The molecule has 0 aliphatic rings. The molecule has 1 rings (SSSR count). The van der Waals surface area contributed by atoms with E-state index in [1.807, 2.05) is 26.0 Å². The summed E-state index contributed by atoms with van der Waals surface area (Å²) in [6.45, 7) is 4.46. The van der Waals surface area contributed by atoms with Crippen LogP contribution in [0.5, 0.6) is 0 Å². The number of amides is 1. The molecule has 4 nitrogen and oxygen atoms in total. The maximum atomic E-state index is 11.6. The number of nitrogens with two attached hydrogens (primary N) is 1. The Morgan fingerprint density at radius 1 is 1.41 bits per heavy atom. The van der Waals surface area contributed by atoms with Crippen LogP contribution in [0.2, 0.25) is 0 Å². The van der Waals surface area contributed by atoms with Crippen molar-refractivity contribution < 1.29 is 4.79 Å². The van der Waals surface area contributed by atoms with Crippen molar-refractivity contribution in [3.63, 3.8) is 0 Å². The molecule has 0 fully saturated rings. The summed E-state index contributed by atoms with van der Waals surface area (Å²) in [5.74, 6) is -0.0654. The SMILES string of the molecule is CC(C)N(Cc1ccc(C#N)cc1)C(=O)CN. The largest absolute Gasteiger partial charge is 0.335 e. The number of hydrogen-bond donors (Lipinski definition) is 1. The van der Waals surface area contributed by atoms with E-state index >= 15 is 0 Å². The minimum Gasteiger partial charge on any atom is -0.335 e. The van der Waals surface area contributed by atoms with Gasteiger partial charge in [-0.25, -0.2) is 0 Å². The van der Waals surface area contributed by atoms with E-state index in [-0.39, 0.29) is 18.5 Å². The highest BCUT2D eigenvalue weighted by molar-refractivity contribution is 5.78. The normalized spacial score (nSPS) is 10.1. The van der Waals surface area contributed by atoms with Crippen LogP contribution in [0.15, 0.2) is 24.3 Å². The third-order valence-corrected chi connectivity index (χ3v) is 2.55. The fourth-order valence-corrected chi connectivity index (χ4v) is 1.56. The maximum Gasteiger partial charge on any atom is 0.236 e. The third kappa shape index (κ3) is 3.58. The molecule has 0 saturated heterocycles. The summed E-state index contributed by atoms with van der Waals surface area (Å²) < 4.78 is 0. The second kappa shape index (κ2) is 6.02. The molecule has 0 aliphatic carbocycles. The van der Waals surface area contributed by atoms with Crippen molar-refractivity contribution in [2.45, 2.75) is 26.4 Å². The highest BCUT2D eigenvalue weighted by Gasteiger charge is 2.15. The predicted octanol–water partition coefficient (Wildman–Crippen LogP) is 1.25. The molecular formula is C13H17N3O. The average molecular weight is 231 g/mol. The van der Waals surface area contributed by atoms with Crippen molar-refractivity contribution in [2.24, 2.45) is 5.73 Å². The molecule has 1 aromatic carbocycles. The topological polar surface area (TPSA) is 70.1 Å². The van der Waals surface area contributed by atoms with Gasteiger partial charge >= 0.3 is 0 Å². The maximum absolute atomic E-state index is 11.6. The van der Waals surface area contributed by atoms with E-state index in [4.69, 9.17) is 11.0 Å². The Hall–Kier alpha value is -1.86. The van der Waals surface area contributed by atoms with Crippen molar-refractivity contribution in [1.82, 2.24) is 4.90 Å². The summed E-state index contributed by atoms with van der Waals surface area (Å²) in [4.78, 5) is 13.4. The molecule has 0 spiro atoms. The van der Waals surface area contributed by atoms with Crippen LogP contribution in [0, 0.1) is 11.3 Å². The lowest BCUT2D eigenvalue weighted by molar-refractivity contribution is -0.132. The lowest BCUT2D eigenvalue weighted by Gasteiger charge is -2.26. The van der Waals surface area contributed by atoms with E-state index in [2.05, 4.69) is 6.07 Å². The first-order chi connectivity index (χ1) is 8.08. The summed E-state index contributed by atoms with van der Waals surface area (Å²) in [5.41, 5.74) is 7.00. The third-order valence-electron chi connectivity index (χ3n) is 2.55. The van der Waals surface area contributed by atoms with Crippen molar-refractivity contribution in [1.29, 1.82) is 5.26 Å². The van der Waals surface area contributed by atoms with Crippen molar-refractivity contribution in [3.8, 4) is 6.07 Å². The lowest BCUT2D eigenvalue weighted by Crippen LogP contribution is -2.40. The van der Waals surface area contributed by atoms with Gasteiger partial charge in [-0.3, -0.25) is 4.79 Å². The Bertz CT molecular complexity index is 417. The molecule has 0 radical (unpaired) electrons. The molecule has 0 aliphatic heterocycles. The van der Waals surface area contributed by atoms with Gasteiger partial charge in [0.2, 0.25) is 5.91 Å². The molecule has 0 heterocycles. The Balaban J connectivity index is 2.79. The first kappa shape index (κ1) is 13.2. The number of nitrogens with zero attached hydrogens (tertiary/aromatic N) is 2. The van der Waals surface area contributed by atoms with Crippen LogP contribution in [0.25, 0.3) is 0 Å². The first-order valence-electron chi connectivity index (χ1n) is 5.57. The Morgan fingerprint density at radius 2 is 2.00 bits per heavy atom. The molecule has 2 N–H and O–H groups in total. The zero-order valence-electron chi connectivity index (χ0n) is 10.2. The number of carbonyl (C=O) groups excluding carboxylic acids is 1. The van der Waals surface area contributed by atoms with Crippen molar-refractivity contribution in [2.75, 3.05) is 6.54 Å². The molecule has 90 valence electrons. The van der Waals surface area contributed by atoms with Gasteiger partial charge in [0.15, 0.2) is 0 Å². The second-order valence-corrected chi connectivity index (χ2v) is 4.13. The second-order valence-electron chi connectivity index (χ2n) is 4.13. The van der Waals surface area contributed by atoms with Crippen molar-refractivity contribution in [3.05, 3.63) is 35.4 Å². The van der Waals surface area contributed by atoms with Gasteiger partial charge in [0, 0.05) is 12.6 Å². The Labute approximate surface area is 102 Å². The lowest BCUT2D eigenvalue weighted by atomic mass is 10.1. The summed E-state index contributed by atoms with van der Waals surface area (Å²) in [6.07, 6.45) is 0. The predicted molar refractivity (Wildman–Crippen MR) is 65.9 cm³/mol. The molecule has 0 atom stereocenters. The summed E-state index contributed by atoms with van der Waals surface area (Å²) in [6, 6.07) is 9.40. The van der Waals surface area contributed by atoms with Gasteiger partial charge in [0.1, 0.15) is 0 Å². The van der Waals surface area contributed by atoms with Crippen LogP contribution in [-0.4, -0.2) is 23.4 Å². The number of hydrogen-bond acceptors (Lipinski definition) is 3. The first-order valence-corrected chi connectivity index (χ1v) is 5.57. The monoisotopic (exact) mass is 231 g/mol. The van der Waals surface area contributed by atoms with Gasteiger partial charge in [-0.1, -0.05) is 12.1 Å². The average Bonchev–Trinajstić information content (AvgIpc) is 2.35. The van der Waals surface area contributed by atoms with Crippen LogP contribution >= 0.6 is 0 Å². The summed E-state index contributed by atoms with van der Waals surface area (Å²) in [5, 5.41) is 8.69.